The van der Waals surface area contributed by atoms with E-state index in [-0.39, 0.29) is 5.38 Å². The fraction of sp³-hybridized carbons (Fsp3) is 0.500. The molecule has 0 N–H and O–H groups in total. The molecular formula is C8H12Cl2. The molecule has 0 saturated heterocycles. The van der Waals surface area contributed by atoms with Gasteiger partial charge in [-0.1, -0.05) is 43.2 Å². The Kier molecular flexibility index (Phi) is 7.21. The fourth-order valence-electron chi connectivity index (χ4n) is 0.599. The summed E-state index contributed by atoms with van der Waals surface area (Å²) in [6.45, 7) is 2.11. The van der Waals surface area contributed by atoms with Gasteiger partial charge < -0.3 is 0 Å². The van der Waals surface area contributed by atoms with Gasteiger partial charge in [-0.15, -0.1) is 11.6 Å². The summed E-state index contributed by atoms with van der Waals surface area (Å²) in [5.41, 5.74) is 1.46. The first kappa shape index (κ1) is 10.1. The second-order valence-electron chi connectivity index (χ2n) is 2.01. The quantitative estimate of drug-likeness (QED) is 0.455. The van der Waals surface area contributed by atoms with Crippen LogP contribution in [0.1, 0.15) is 19.8 Å². The summed E-state index contributed by atoms with van der Waals surface area (Å²) >= 11 is 11.1. The van der Waals surface area contributed by atoms with Crippen LogP contribution in [0, 0.1) is 0 Å². The van der Waals surface area contributed by atoms with Gasteiger partial charge in [-0.25, -0.2) is 0 Å². The van der Waals surface area contributed by atoms with Crippen molar-refractivity contribution in [1.82, 2.24) is 0 Å². The molecular weight excluding hydrogens is 167 g/mol. The second kappa shape index (κ2) is 7.17. The highest BCUT2D eigenvalue weighted by Crippen LogP contribution is 2.05. The van der Waals surface area contributed by atoms with E-state index in [9.17, 15) is 0 Å². The highest BCUT2D eigenvalue weighted by Gasteiger charge is 1.93. The van der Waals surface area contributed by atoms with Crippen molar-refractivity contribution in [3.8, 4) is 0 Å². The van der Waals surface area contributed by atoms with Gasteiger partial charge in [0.2, 0.25) is 0 Å². The molecule has 0 saturated carbocycles. The zero-order chi connectivity index (χ0) is 7.82. The van der Waals surface area contributed by atoms with Gasteiger partial charge in [0.05, 0.1) is 5.38 Å². The Morgan fingerprint density at radius 3 is 2.60 bits per heavy atom. The molecule has 1 atom stereocenters. The summed E-state index contributed by atoms with van der Waals surface area (Å²) in [4.78, 5) is 0. The smallest absolute Gasteiger partial charge is 0.0518 e. The van der Waals surface area contributed by atoms with Crippen molar-refractivity contribution in [3.05, 3.63) is 23.8 Å². The monoisotopic (exact) mass is 178 g/mol. The van der Waals surface area contributed by atoms with E-state index in [0.29, 0.717) is 0 Å². The zero-order valence-corrected chi connectivity index (χ0v) is 7.57. The number of hydrogen-bond acceptors (Lipinski definition) is 0. The third kappa shape index (κ3) is 6.18. The van der Waals surface area contributed by atoms with Gasteiger partial charge in [-0.3, -0.25) is 0 Å². The molecule has 0 aliphatic heterocycles. The van der Waals surface area contributed by atoms with Gasteiger partial charge in [0.1, 0.15) is 0 Å². The SMILES string of the molecule is CCCC(Cl)C=CC=CCl. The van der Waals surface area contributed by atoms with Gasteiger partial charge in [-0.2, -0.15) is 0 Å². The molecule has 2 heteroatoms. The molecule has 0 heterocycles. The van der Waals surface area contributed by atoms with E-state index in [0.717, 1.165) is 12.8 Å². The van der Waals surface area contributed by atoms with Crippen molar-refractivity contribution in [2.45, 2.75) is 25.1 Å². The molecule has 0 amide bonds. The van der Waals surface area contributed by atoms with E-state index in [1.807, 2.05) is 12.2 Å². The molecule has 0 aromatic carbocycles. The average Bonchev–Trinajstić information content (AvgIpc) is 1.89. The van der Waals surface area contributed by atoms with Crippen LogP contribution in [-0.2, 0) is 0 Å². The molecule has 0 radical (unpaired) electrons. The molecule has 10 heavy (non-hydrogen) atoms. The molecule has 0 aliphatic carbocycles. The van der Waals surface area contributed by atoms with Crippen LogP contribution >= 0.6 is 23.2 Å². The molecule has 0 fully saturated rings. The van der Waals surface area contributed by atoms with Crippen molar-refractivity contribution < 1.29 is 0 Å². The van der Waals surface area contributed by atoms with E-state index >= 15 is 0 Å². The standard InChI is InChI=1S/C8H12Cl2/c1-2-5-8(10)6-3-4-7-9/h3-4,6-8H,2,5H2,1H3. The van der Waals surface area contributed by atoms with Crippen LogP contribution in [0.2, 0.25) is 0 Å². The van der Waals surface area contributed by atoms with Crippen molar-refractivity contribution >= 4 is 23.2 Å². The molecule has 0 nitrogen and oxygen atoms in total. The van der Waals surface area contributed by atoms with E-state index in [4.69, 9.17) is 23.2 Å². The van der Waals surface area contributed by atoms with Gasteiger partial charge >= 0.3 is 0 Å². The zero-order valence-electron chi connectivity index (χ0n) is 6.06. The minimum absolute atomic E-state index is 0.151. The molecule has 0 bridgehead atoms. The third-order valence-electron chi connectivity index (χ3n) is 1.07. The number of rotatable bonds is 4. The van der Waals surface area contributed by atoms with Crippen molar-refractivity contribution in [2.24, 2.45) is 0 Å². The van der Waals surface area contributed by atoms with E-state index in [2.05, 4.69) is 6.92 Å². The molecule has 0 spiro atoms. The summed E-state index contributed by atoms with van der Waals surface area (Å²) in [6, 6.07) is 0. The van der Waals surface area contributed by atoms with Gasteiger partial charge in [0.15, 0.2) is 0 Å². The molecule has 0 aliphatic rings. The maximum Gasteiger partial charge on any atom is 0.0518 e. The number of alkyl halides is 1. The summed E-state index contributed by atoms with van der Waals surface area (Å²) in [6.07, 6.45) is 7.69. The molecule has 0 aromatic rings. The first-order valence-electron chi connectivity index (χ1n) is 3.39. The van der Waals surface area contributed by atoms with Crippen molar-refractivity contribution in [3.63, 3.8) is 0 Å². The number of halogens is 2. The highest BCUT2D eigenvalue weighted by molar-refractivity contribution is 6.25. The maximum atomic E-state index is 5.85. The van der Waals surface area contributed by atoms with Crippen LogP contribution in [0.15, 0.2) is 23.8 Å². The summed E-state index contributed by atoms with van der Waals surface area (Å²) < 4.78 is 0. The third-order valence-corrected chi connectivity index (χ3v) is 1.58. The maximum absolute atomic E-state index is 5.85. The van der Waals surface area contributed by atoms with E-state index in [1.54, 1.807) is 6.08 Å². The first-order chi connectivity index (χ1) is 4.81. The summed E-state index contributed by atoms with van der Waals surface area (Å²) in [7, 11) is 0. The number of hydrogen-bond donors (Lipinski definition) is 0. The number of allylic oxidation sites excluding steroid dienone is 3. The molecule has 1 unspecified atom stereocenters. The van der Waals surface area contributed by atoms with Gasteiger partial charge in [-0.05, 0) is 6.42 Å². The molecule has 58 valence electrons. The lowest BCUT2D eigenvalue weighted by Crippen LogP contribution is -1.89. The largest absolute Gasteiger partial charge is 0.118 e. The Bertz CT molecular complexity index is 116. The van der Waals surface area contributed by atoms with Crippen molar-refractivity contribution in [2.75, 3.05) is 0 Å². The van der Waals surface area contributed by atoms with Gasteiger partial charge in [0.25, 0.3) is 0 Å². The Balaban J connectivity index is 3.44. The predicted molar refractivity (Wildman–Crippen MR) is 48.7 cm³/mol. The Labute approximate surface area is 72.5 Å². The average molecular weight is 179 g/mol. The van der Waals surface area contributed by atoms with Crippen LogP contribution in [0.25, 0.3) is 0 Å². The first-order valence-corrected chi connectivity index (χ1v) is 4.26. The van der Waals surface area contributed by atoms with E-state index in [1.165, 1.54) is 5.54 Å². The van der Waals surface area contributed by atoms with Crippen LogP contribution in [0.5, 0.6) is 0 Å². The van der Waals surface area contributed by atoms with Crippen LogP contribution < -0.4 is 0 Å². The second-order valence-corrected chi connectivity index (χ2v) is 2.82. The topological polar surface area (TPSA) is 0 Å². The molecule has 0 rings (SSSR count). The lowest BCUT2D eigenvalue weighted by Gasteiger charge is -1.97. The molecule has 0 aromatic heterocycles. The Morgan fingerprint density at radius 1 is 1.40 bits per heavy atom. The van der Waals surface area contributed by atoms with Gasteiger partial charge in [0, 0.05) is 5.54 Å². The van der Waals surface area contributed by atoms with Crippen LogP contribution in [0.4, 0.5) is 0 Å². The summed E-state index contributed by atoms with van der Waals surface area (Å²) in [5.74, 6) is 0. The Morgan fingerprint density at radius 2 is 2.10 bits per heavy atom. The fourth-order valence-corrected chi connectivity index (χ4v) is 0.985. The van der Waals surface area contributed by atoms with E-state index < -0.39 is 0 Å². The van der Waals surface area contributed by atoms with Crippen LogP contribution in [-0.4, -0.2) is 5.38 Å². The lowest BCUT2D eigenvalue weighted by atomic mass is 10.2. The van der Waals surface area contributed by atoms with Crippen molar-refractivity contribution in [1.29, 1.82) is 0 Å². The summed E-state index contributed by atoms with van der Waals surface area (Å²) in [5, 5.41) is 0.151. The minimum Gasteiger partial charge on any atom is -0.118 e. The lowest BCUT2D eigenvalue weighted by molar-refractivity contribution is 0.821. The minimum atomic E-state index is 0.151. The normalized spacial score (nSPS) is 15.1. The van der Waals surface area contributed by atoms with Crippen LogP contribution in [0.3, 0.4) is 0 Å². The highest BCUT2D eigenvalue weighted by atomic mass is 35.5. The Hall–Kier alpha value is 0.0600. The predicted octanol–water partition coefficient (Wildman–Crippen LogP) is 3.70.